The molecule has 3 aromatic heterocycles. The molecule has 0 aliphatic heterocycles. The second-order valence-electron chi connectivity index (χ2n) is 27.2. The van der Waals surface area contributed by atoms with E-state index >= 15 is 0 Å². The maximum Gasteiger partial charge on any atom is 0.338 e. The molecule has 3 heterocycles. The van der Waals surface area contributed by atoms with Gasteiger partial charge in [-0.2, -0.15) is 21.0 Å². The molecule has 13 atom stereocenters. The molecule has 4 aromatic carbocycles. The monoisotopic (exact) mass is 1850 g/mol. The number of benzene rings is 4. The molecule has 7 aromatic rings. The molecule has 4 unspecified atom stereocenters. The van der Waals surface area contributed by atoms with Crippen molar-refractivity contribution in [2.45, 2.75) is 228 Å². The normalized spacial score (nSPS) is 12.6. The van der Waals surface area contributed by atoms with Gasteiger partial charge in [-0.15, -0.1) is 0 Å². The van der Waals surface area contributed by atoms with Gasteiger partial charge in [0.1, 0.15) is 30.2 Å². The first-order valence-corrected chi connectivity index (χ1v) is 41.3. The Kier molecular flexibility index (Phi) is 85.7. The summed E-state index contributed by atoms with van der Waals surface area (Å²) in [6, 6.07) is 53.2. The number of hydrogen-bond donors (Lipinski definition) is 25. The molecule has 728 valence electrons. The van der Waals surface area contributed by atoms with Crippen molar-refractivity contribution in [3.63, 3.8) is 0 Å². The van der Waals surface area contributed by atoms with Crippen LogP contribution in [0, 0.1) is 45.3 Å². The molecular formula is C91H131N13O28. The fraction of sp³-hybridized carbons (Fsp3) is 0.429. The summed E-state index contributed by atoms with van der Waals surface area (Å²) in [5.74, 6) is -9.93. The fourth-order valence-electron chi connectivity index (χ4n) is 8.59. The van der Waals surface area contributed by atoms with E-state index in [-0.39, 0.29) is 49.7 Å². The van der Waals surface area contributed by atoms with Crippen LogP contribution in [0.2, 0.25) is 0 Å². The average Bonchev–Trinajstić information content (AvgIpc) is 0.906. The van der Waals surface area contributed by atoms with Crippen LogP contribution < -0.4 is 34.4 Å². The smallest absolute Gasteiger partial charge is 0.338 e. The topological polar surface area (TPSA) is 828 Å². The van der Waals surface area contributed by atoms with Gasteiger partial charge in [-0.25, -0.2) is 24.0 Å². The number of nitriles is 4. The number of unbranched alkanes of at least 4 members (excludes halogenated alkanes) is 6. The zero-order valence-electron chi connectivity index (χ0n) is 74.0. The van der Waals surface area contributed by atoms with Crippen LogP contribution >= 0.6 is 0 Å². The Morgan fingerprint density at radius 2 is 0.545 bits per heavy atom. The quantitative estimate of drug-likeness (QED) is 0.0149. The van der Waals surface area contributed by atoms with E-state index in [2.05, 4.69) is 21.9 Å². The summed E-state index contributed by atoms with van der Waals surface area (Å²) in [5, 5.41) is 196. The molecule has 0 spiro atoms. The number of aliphatic hydroxyl groups is 10. The van der Waals surface area contributed by atoms with Crippen molar-refractivity contribution < 1.29 is 140 Å². The summed E-state index contributed by atoms with van der Waals surface area (Å²) in [6.45, 7) is 6.50. The first-order chi connectivity index (χ1) is 62.6. The van der Waals surface area contributed by atoms with Crippen LogP contribution in [0.1, 0.15) is 219 Å². The van der Waals surface area contributed by atoms with Crippen LogP contribution in [0.25, 0.3) is 0 Å². The summed E-state index contributed by atoms with van der Waals surface area (Å²) < 4.78 is 0. The van der Waals surface area contributed by atoms with Crippen LogP contribution in [-0.2, 0) is 49.6 Å². The Morgan fingerprint density at radius 3 is 0.795 bits per heavy atom. The summed E-state index contributed by atoms with van der Waals surface area (Å²) in [7, 11) is 0. The van der Waals surface area contributed by atoms with E-state index in [4.69, 9.17) is 152 Å². The number of carboxylic acids is 9. The van der Waals surface area contributed by atoms with Gasteiger partial charge in [0, 0.05) is 38.4 Å². The second kappa shape index (κ2) is 87.2. The number of aliphatic hydroxyl groups excluding tert-OH is 10. The fourth-order valence-corrected chi connectivity index (χ4v) is 8.59. The van der Waals surface area contributed by atoms with Crippen molar-refractivity contribution in [2.24, 2.45) is 34.4 Å². The standard InChI is InChI=1S/C10H12O3.C8H7NO.2C8H8O3.C7H6N2O.2C7H7NO3.C6H12N2O.C6H12N2.2C6H13NO3.2C6H13NO2/c11-9(10(12)13)7-6-8-4-2-1-3-5-8;9-6-8(10)7-4-2-1-3-5-7;2*9-7(8(10)11)6-4-2-1-3-5-6;8-5-7(10)6-3-1-2-4-9-6;2*9-6(7(10)11)5-3-1-2-4-8-5;7-5-6(8)3-1-2-4-9;1-2-3-4-6(8)5-7;2*7-5(6(9)10)3-1-2-4-8;2*1-2-3-4-5(7)6(8)9/h1-5,9,11H,6-7H2,(H,12,13);1-5,8,10H;2*1-5,7,9H,(H,10,11);1-4,7,10H;2*1-4,6,9H,(H,10,11);6,9H,1-4,8H2;6H,2-4,8H2,1H3;2*5,8H,1-4,7H2,(H,9,10);2*5H,2-4,7H2,1H3,(H,8,9)/t9-;;2*7-;;2*6-;;;4*5-/m0.10.10..1010/s1. The van der Waals surface area contributed by atoms with Gasteiger partial charge >= 0.3 is 53.7 Å². The van der Waals surface area contributed by atoms with Gasteiger partial charge in [0.15, 0.2) is 42.7 Å². The van der Waals surface area contributed by atoms with Crippen molar-refractivity contribution in [1.82, 2.24) is 15.0 Å². The molecule has 132 heavy (non-hydrogen) atoms. The largest absolute Gasteiger partial charge is 0.480 e. The minimum absolute atomic E-state index is 0.104. The van der Waals surface area contributed by atoms with E-state index in [0.717, 1.165) is 63.4 Å². The lowest BCUT2D eigenvalue weighted by molar-refractivity contribution is -0.148. The number of nitrogens with zero attached hydrogens (tertiary/aromatic N) is 7. The number of aliphatic carboxylic acids is 9. The average molecular weight is 1860 g/mol. The van der Waals surface area contributed by atoms with E-state index in [1.165, 1.54) is 30.7 Å². The molecular weight excluding hydrogens is 1720 g/mol. The Labute approximate surface area is 767 Å². The summed E-state index contributed by atoms with van der Waals surface area (Å²) in [4.78, 5) is 103. The van der Waals surface area contributed by atoms with Crippen molar-refractivity contribution in [3.05, 3.63) is 234 Å². The van der Waals surface area contributed by atoms with E-state index < -0.39 is 121 Å². The van der Waals surface area contributed by atoms with Crippen molar-refractivity contribution >= 4 is 53.7 Å². The molecule has 0 aliphatic rings. The highest BCUT2D eigenvalue weighted by molar-refractivity contribution is 5.76. The molecule has 41 heteroatoms. The summed E-state index contributed by atoms with van der Waals surface area (Å²) in [6.07, 6.45) is 9.83. The maximum absolute atomic E-state index is 10.3. The van der Waals surface area contributed by atoms with Gasteiger partial charge in [0.25, 0.3) is 0 Å². The summed E-state index contributed by atoms with van der Waals surface area (Å²) in [5.41, 5.74) is 34.5. The van der Waals surface area contributed by atoms with Crippen molar-refractivity contribution in [3.8, 4) is 24.3 Å². The second-order valence-corrected chi connectivity index (χ2v) is 27.2. The maximum atomic E-state index is 10.3. The van der Waals surface area contributed by atoms with Crippen LogP contribution in [0.15, 0.2) is 195 Å². The molecule has 7 rings (SSSR count). The van der Waals surface area contributed by atoms with Crippen LogP contribution in [0.5, 0.6) is 0 Å². The molecule has 0 fully saturated rings. The van der Waals surface area contributed by atoms with E-state index in [1.54, 1.807) is 140 Å². The number of aryl methyl sites for hydroxylation is 1. The Hall–Kier alpha value is -13.1. The number of rotatable bonds is 39. The highest BCUT2D eigenvalue weighted by Gasteiger charge is 2.20. The molecule has 0 saturated heterocycles. The SMILES string of the molecule is CCCCC(N)C#N.CCCC[C@@H](N)C(=O)O.CCCC[C@H](N)C(=O)O.N#CC(N)CCCCO.N#CC(O)c1ccccc1.N#CC(O)c1ccccn1.N[C@@H](CCCCO)C(=O)O.N[C@H](CCCCO)C(=O)O.O=C(O)[C@@H](O)CCc1ccccc1.O=C(O)[C@@H](O)c1ccccc1.O=C(O)[C@@H](O)c1ccccn1.O=C(O)[C@H](O)c1ccccc1.O=C(O)[C@H](O)c1ccccn1. The molecule has 0 amide bonds. The lowest BCUT2D eigenvalue weighted by atomic mass is 10.1. The first kappa shape index (κ1) is 130. The number of pyridine rings is 3. The van der Waals surface area contributed by atoms with E-state index in [1.807, 2.05) is 62.4 Å². The lowest BCUT2D eigenvalue weighted by Crippen LogP contribution is -2.29. The number of hydrogen-bond acceptors (Lipinski definition) is 32. The highest BCUT2D eigenvalue weighted by atomic mass is 16.4. The van der Waals surface area contributed by atoms with Gasteiger partial charge in [0.2, 0.25) is 0 Å². The molecule has 0 saturated carbocycles. The van der Waals surface area contributed by atoms with Crippen molar-refractivity contribution in [2.75, 3.05) is 19.8 Å². The van der Waals surface area contributed by atoms with Gasteiger partial charge in [-0.1, -0.05) is 199 Å². The molecule has 31 N–H and O–H groups in total. The zero-order chi connectivity index (χ0) is 102. The molecule has 0 bridgehead atoms. The number of nitrogens with two attached hydrogens (primary N) is 6. The first-order valence-electron chi connectivity index (χ1n) is 41.3. The van der Waals surface area contributed by atoms with Crippen LogP contribution in [0.3, 0.4) is 0 Å². The Bertz CT molecular complexity index is 3940. The predicted octanol–water partition coefficient (Wildman–Crippen LogP) is 6.28. The molecule has 0 radical (unpaired) electrons. The Balaban J connectivity index is -0.000000326. The van der Waals surface area contributed by atoms with E-state index in [9.17, 15) is 43.2 Å². The summed E-state index contributed by atoms with van der Waals surface area (Å²) >= 11 is 0. The molecule has 0 aliphatic carbocycles. The van der Waals surface area contributed by atoms with Gasteiger partial charge in [-0.05, 0) is 149 Å². The highest BCUT2D eigenvalue weighted by Crippen LogP contribution is 2.15. The van der Waals surface area contributed by atoms with Gasteiger partial charge < -0.3 is 131 Å². The third kappa shape index (κ3) is 76.9. The third-order valence-corrected chi connectivity index (χ3v) is 16.2. The van der Waals surface area contributed by atoms with Gasteiger partial charge in [0.05, 0.1) is 47.4 Å². The Morgan fingerprint density at radius 1 is 0.288 bits per heavy atom. The van der Waals surface area contributed by atoms with E-state index in [0.29, 0.717) is 86.6 Å². The predicted molar refractivity (Wildman–Crippen MR) is 483 cm³/mol. The number of carboxylic acid groups (broad SMARTS) is 9. The number of aromatic nitrogens is 3. The van der Waals surface area contributed by atoms with Crippen LogP contribution in [-0.4, -0.2) is 228 Å². The van der Waals surface area contributed by atoms with Crippen LogP contribution in [0.4, 0.5) is 0 Å². The molecule has 41 nitrogen and oxygen atoms in total. The minimum Gasteiger partial charge on any atom is -0.480 e. The third-order valence-electron chi connectivity index (χ3n) is 16.2. The lowest BCUT2D eigenvalue weighted by Gasteiger charge is -2.04. The van der Waals surface area contributed by atoms with Gasteiger partial charge in [-0.3, -0.25) is 34.1 Å². The van der Waals surface area contributed by atoms with Crippen molar-refractivity contribution in [1.29, 1.82) is 21.0 Å². The minimum atomic E-state index is -1.52. The number of carbonyl (C=O) groups is 9. The zero-order valence-corrected chi connectivity index (χ0v) is 74.0.